The highest BCUT2D eigenvalue weighted by atomic mass is 16.6. The molecule has 0 saturated heterocycles. The summed E-state index contributed by atoms with van der Waals surface area (Å²) in [6.45, 7) is 3.56. The van der Waals surface area contributed by atoms with E-state index < -0.39 is 16.7 Å². The molecule has 9 heteroatoms. The number of nitrogens with one attached hydrogen (secondary N) is 2. The summed E-state index contributed by atoms with van der Waals surface area (Å²) in [5.74, 6) is -0.864. The van der Waals surface area contributed by atoms with Gasteiger partial charge in [0.15, 0.2) is 5.75 Å². The van der Waals surface area contributed by atoms with Crippen LogP contribution in [-0.4, -0.2) is 36.1 Å². The van der Waals surface area contributed by atoms with Gasteiger partial charge in [-0.05, 0) is 26.0 Å². The molecule has 0 heterocycles. The van der Waals surface area contributed by atoms with E-state index in [9.17, 15) is 19.7 Å². The van der Waals surface area contributed by atoms with Crippen LogP contribution in [0.1, 0.15) is 25.8 Å². The summed E-state index contributed by atoms with van der Waals surface area (Å²) >= 11 is 0. The minimum absolute atomic E-state index is 0.0568. The second-order valence-electron chi connectivity index (χ2n) is 4.88. The van der Waals surface area contributed by atoms with Crippen molar-refractivity contribution < 1.29 is 19.2 Å². The van der Waals surface area contributed by atoms with Crippen molar-refractivity contribution in [1.82, 2.24) is 10.7 Å². The van der Waals surface area contributed by atoms with Crippen molar-refractivity contribution in [2.45, 2.75) is 26.3 Å². The van der Waals surface area contributed by atoms with E-state index in [1.54, 1.807) is 19.9 Å². The van der Waals surface area contributed by atoms with Crippen LogP contribution in [0.3, 0.4) is 0 Å². The fraction of sp³-hybridized carbons (Fsp3) is 0.357. The number of carbonyl (C=O) groups is 2. The Balaban J connectivity index is 2.64. The third kappa shape index (κ3) is 6.12. The van der Waals surface area contributed by atoms with Crippen LogP contribution in [0.15, 0.2) is 23.3 Å². The van der Waals surface area contributed by atoms with Crippen molar-refractivity contribution in [3.63, 3.8) is 0 Å². The predicted octanol–water partition coefficient (Wildman–Crippen LogP) is 0.968. The van der Waals surface area contributed by atoms with Gasteiger partial charge in [-0.2, -0.15) is 5.10 Å². The lowest BCUT2D eigenvalue weighted by atomic mass is 10.2. The van der Waals surface area contributed by atoms with Gasteiger partial charge >= 0.3 is 5.69 Å². The first-order valence-electron chi connectivity index (χ1n) is 6.77. The average Bonchev–Trinajstić information content (AvgIpc) is 2.45. The maximum absolute atomic E-state index is 11.5. The lowest BCUT2D eigenvalue weighted by molar-refractivity contribution is -0.385. The van der Waals surface area contributed by atoms with Gasteiger partial charge in [0.05, 0.1) is 18.2 Å². The van der Waals surface area contributed by atoms with Crippen molar-refractivity contribution >= 4 is 23.7 Å². The van der Waals surface area contributed by atoms with E-state index in [1.807, 2.05) is 0 Å². The summed E-state index contributed by atoms with van der Waals surface area (Å²) in [6.07, 6.45) is 0.892. The third-order valence-electron chi connectivity index (χ3n) is 2.57. The van der Waals surface area contributed by atoms with Gasteiger partial charge in [0, 0.05) is 17.7 Å². The van der Waals surface area contributed by atoms with E-state index in [1.165, 1.54) is 25.5 Å². The summed E-state index contributed by atoms with van der Waals surface area (Å²) in [6, 6.07) is 4.18. The maximum atomic E-state index is 11.5. The lowest BCUT2D eigenvalue weighted by Crippen LogP contribution is -2.34. The molecule has 0 aliphatic carbocycles. The van der Waals surface area contributed by atoms with E-state index in [0.717, 1.165) is 0 Å². The molecule has 2 N–H and O–H groups in total. The summed E-state index contributed by atoms with van der Waals surface area (Å²) in [5, 5.41) is 17.1. The number of rotatable bonds is 7. The molecule has 1 rings (SSSR count). The molecule has 0 unspecified atom stereocenters. The van der Waals surface area contributed by atoms with Crippen molar-refractivity contribution in [2.75, 3.05) is 7.11 Å². The highest BCUT2D eigenvalue weighted by Gasteiger charge is 2.14. The number of nitro groups is 1. The van der Waals surface area contributed by atoms with Gasteiger partial charge in [-0.3, -0.25) is 19.7 Å². The van der Waals surface area contributed by atoms with Gasteiger partial charge in [-0.15, -0.1) is 0 Å². The largest absolute Gasteiger partial charge is 0.490 e. The second kappa shape index (κ2) is 8.47. The lowest BCUT2D eigenvalue weighted by Gasteiger charge is -2.06. The van der Waals surface area contributed by atoms with Gasteiger partial charge in [0.2, 0.25) is 11.8 Å². The molecule has 9 nitrogen and oxygen atoms in total. The van der Waals surface area contributed by atoms with E-state index >= 15 is 0 Å². The number of hydrogen-bond acceptors (Lipinski definition) is 6. The minimum atomic E-state index is -0.581. The van der Waals surface area contributed by atoms with E-state index in [2.05, 4.69) is 15.8 Å². The molecule has 0 radical (unpaired) electrons. The molecule has 0 spiro atoms. The normalized spacial score (nSPS) is 10.6. The van der Waals surface area contributed by atoms with Gasteiger partial charge < -0.3 is 10.1 Å². The summed E-state index contributed by atoms with van der Waals surface area (Å²) in [4.78, 5) is 33.2. The number of nitrogens with zero attached hydrogens (tertiary/aromatic N) is 2. The van der Waals surface area contributed by atoms with Crippen molar-refractivity contribution in [3.8, 4) is 5.75 Å². The van der Waals surface area contributed by atoms with Crippen LogP contribution in [0, 0.1) is 10.1 Å². The second-order valence-corrected chi connectivity index (χ2v) is 4.88. The number of benzene rings is 1. The Morgan fingerprint density at radius 1 is 1.39 bits per heavy atom. The number of ether oxygens (including phenoxy) is 1. The number of amides is 2. The topological polar surface area (TPSA) is 123 Å². The van der Waals surface area contributed by atoms with Crippen LogP contribution in [0.2, 0.25) is 0 Å². The van der Waals surface area contributed by atoms with Gasteiger partial charge in [0.1, 0.15) is 6.42 Å². The van der Waals surface area contributed by atoms with E-state index in [0.29, 0.717) is 5.56 Å². The van der Waals surface area contributed by atoms with E-state index in [-0.39, 0.29) is 23.9 Å². The molecule has 0 bridgehead atoms. The van der Waals surface area contributed by atoms with Crippen LogP contribution in [0.4, 0.5) is 5.69 Å². The molecule has 0 fully saturated rings. The first kappa shape index (κ1) is 18.1. The molecule has 0 aliphatic heterocycles. The molecule has 1 aromatic rings. The van der Waals surface area contributed by atoms with Crippen LogP contribution in [0.5, 0.6) is 5.75 Å². The van der Waals surface area contributed by atoms with Crippen LogP contribution < -0.4 is 15.5 Å². The predicted molar refractivity (Wildman–Crippen MR) is 83.3 cm³/mol. The number of hydrogen-bond donors (Lipinski definition) is 2. The zero-order chi connectivity index (χ0) is 17.4. The standard InChI is InChI=1S/C14H18N4O5/c1-9(2)16-13(19)7-14(20)17-15-8-10-4-5-12(23-3)11(6-10)18(21)22/h4-6,8-9H,7H2,1-3H3,(H,16,19)(H,17,20)/b15-8-. The summed E-state index contributed by atoms with van der Waals surface area (Å²) < 4.78 is 4.88. The molecule has 23 heavy (non-hydrogen) atoms. The monoisotopic (exact) mass is 322 g/mol. The number of hydrazone groups is 1. The van der Waals surface area contributed by atoms with Crippen LogP contribution in [-0.2, 0) is 9.59 Å². The Kier molecular flexibility index (Phi) is 6.66. The summed E-state index contributed by atoms with van der Waals surface area (Å²) in [5.41, 5.74) is 2.38. The highest BCUT2D eigenvalue weighted by Crippen LogP contribution is 2.26. The molecule has 0 aromatic heterocycles. The Hall–Kier alpha value is -2.97. The fourth-order valence-corrected chi connectivity index (χ4v) is 1.67. The first-order chi connectivity index (χ1) is 10.8. The van der Waals surface area contributed by atoms with Gasteiger partial charge in [0.25, 0.3) is 0 Å². The van der Waals surface area contributed by atoms with Gasteiger partial charge in [-0.1, -0.05) is 0 Å². The average molecular weight is 322 g/mol. The Bertz CT molecular complexity index is 628. The molecule has 2 amide bonds. The Morgan fingerprint density at radius 3 is 2.65 bits per heavy atom. The zero-order valence-electron chi connectivity index (χ0n) is 13.0. The van der Waals surface area contributed by atoms with Crippen molar-refractivity contribution in [1.29, 1.82) is 0 Å². The van der Waals surface area contributed by atoms with Crippen LogP contribution in [0.25, 0.3) is 0 Å². The molecule has 0 aliphatic rings. The summed E-state index contributed by atoms with van der Waals surface area (Å²) in [7, 11) is 1.33. The number of carbonyl (C=O) groups excluding carboxylic acids is 2. The van der Waals surface area contributed by atoms with Crippen molar-refractivity contribution in [3.05, 3.63) is 33.9 Å². The zero-order valence-corrected chi connectivity index (χ0v) is 13.0. The van der Waals surface area contributed by atoms with Crippen molar-refractivity contribution in [2.24, 2.45) is 5.10 Å². The highest BCUT2D eigenvalue weighted by molar-refractivity contribution is 5.97. The minimum Gasteiger partial charge on any atom is -0.490 e. The molecule has 0 atom stereocenters. The molecular weight excluding hydrogens is 304 g/mol. The molecular formula is C14H18N4O5. The molecule has 1 aromatic carbocycles. The smallest absolute Gasteiger partial charge is 0.311 e. The quantitative estimate of drug-likeness (QED) is 0.335. The molecule has 124 valence electrons. The number of nitro benzene ring substituents is 1. The van der Waals surface area contributed by atoms with Crippen LogP contribution >= 0.6 is 0 Å². The molecule has 0 saturated carbocycles. The maximum Gasteiger partial charge on any atom is 0.311 e. The SMILES string of the molecule is COc1ccc(/C=N\NC(=O)CC(=O)NC(C)C)cc1[N+](=O)[O-]. The van der Waals surface area contributed by atoms with Gasteiger partial charge in [-0.25, -0.2) is 5.43 Å². The first-order valence-corrected chi connectivity index (χ1v) is 6.77. The third-order valence-corrected chi connectivity index (χ3v) is 2.57. The fourth-order valence-electron chi connectivity index (χ4n) is 1.67. The number of methoxy groups -OCH3 is 1. The van der Waals surface area contributed by atoms with E-state index in [4.69, 9.17) is 4.74 Å². The Labute approximate surface area is 132 Å². The Morgan fingerprint density at radius 2 is 2.09 bits per heavy atom.